The number of hydrogen-bond donors (Lipinski definition) is 2. The van der Waals surface area contributed by atoms with E-state index in [2.05, 4.69) is 31.5 Å². The van der Waals surface area contributed by atoms with Crippen molar-refractivity contribution in [3.63, 3.8) is 0 Å². The van der Waals surface area contributed by atoms with Crippen LogP contribution in [0.25, 0.3) is 11.3 Å². The van der Waals surface area contributed by atoms with Crippen molar-refractivity contribution >= 4 is 55.6 Å². The van der Waals surface area contributed by atoms with Crippen LogP contribution in [0.5, 0.6) is 5.75 Å². The van der Waals surface area contributed by atoms with Crippen LogP contribution < -0.4 is 15.4 Å². The van der Waals surface area contributed by atoms with E-state index < -0.39 is 0 Å². The number of carbonyl (C=O) groups is 1. The second kappa shape index (κ2) is 8.60. The molecule has 2 aromatic carbocycles. The molecule has 0 bridgehead atoms. The monoisotopic (exact) mass is 461 g/mol. The molecule has 1 heterocycles. The predicted molar refractivity (Wildman–Crippen MR) is 117 cm³/mol. The predicted octanol–water partition coefficient (Wildman–Crippen LogP) is 5.02. The Morgan fingerprint density at radius 2 is 1.96 bits per heavy atom. The van der Waals surface area contributed by atoms with Gasteiger partial charge in [-0.1, -0.05) is 40.2 Å². The molecule has 0 fully saturated rings. The van der Waals surface area contributed by atoms with E-state index in [9.17, 15) is 4.79 Å². The number of para-hydroxylation sites is 1. The molecule has 0 aliphatic rings. The molecular weight excluding hydrogens is 446 g/mol. The molecular formula is C19H16BrN3O2S2. The molecule has 5 nitrogen and oxygen atoms in total. The van der Waals surface area contributed by atoms with Crippen molar-refractivity contribution in [2.24, 2.45) is 0 Å². The van der Waals surface area contributed by atoms with Crippen molar-refractivity contribution in [3.05, 3.63) is 63.4 Å². The van der Waals surface area contributed by atoms with Gasteiger partial charge in [-0.05, 0) is 42.9 Å². The van der Waals surface area contributed by atoms with Gasteiger partial charge in [-0.3, -0.25) is 10.1 Å². The average Bonchev–Trinajstić information content (AvgIpc) is 3.10. The standard InChI is InChI=1S/C19H16BrN3O2S2/c1-11-4-3-5-14(16(11)25-2)17(24)22-18(26)23-19-21-15(10-27-19)12-6-8-13(20)9-7-12/h3-10H,1-2H3,(H2,21,22,23,24,26). The molecule has 0 spiro atoms. The van der Waals surface area contributed by atoms with Gasteiger partial charge in [-0.15, -0.1) is 11.3 Å². The van der Waals surface area contributed by atoms with Crippen LogP contribution in [0.4, 0.5) is 5.13 Å². The van der Waals surface area contributed by atoms with Gasteiger partial charge in [-0.2, -0.15) is 0 Å². The number of rotatable bonds is 4. The minimum absolute atomic E-state index is 0.181. The van der Waals surface area contributed by atoms with Crippen molar-refractivity contribution in [1.82, 2.24) is 10.3 Å². The normalized spacial score (nSPS) is 10.3. The quantitative estimate of drug-likeness (QED) is 0.534. The van der Waals surface area contributed by atoms with Gasteiger partial charge in [0.05, 0.1) is 18.4 Å². The van der Waals surface area contributed by atoms with Gasteiger partial charge >= 0.3 is 0 Å². The summed E-state index contributed by atoms with van der Waals surface area (Å²) in [6, 6.07) is 13.3. The summed E-state index contributed by atoms with van der Waals surface area (Å²) in [4.78, 5) is 17.0. The van der Waals surface area contributed by atoms with Crippen molar-refractivity contribution in [1.29, 1.82) is 0 Å². The van der Waals surface area contributed by atoms with E-state index in [1.54, 1.807) is 12.1 Å². The Hall–Kier alpha value is -2.29. The molecule has 1 aromatic heterocycles. The fourth-order valence-electron chi connectivity index (χ4n) is 2.49. The van der Waals surface area contributed by atoms with Crippen LogP contribution in [0, 0.1) is 6.92 Å². The lowest BCUT2D eigenvalue weighted by Crippen LogP contribution is -2.34. The maximum Gasteiger partial charge on any atom is 0.261 e. The molecule has 8 heteroatoms. The van der Waals surface area contributed by atoms with Gasteiger partial charge in [0.1, 0.15) is 5.75 Å². The smallest absolute Gasteiger partial charge is 0.261 e. The van der Waals surface area contributed by atoms with Crippen LogP contribution in [0.2, 0.25) is 0 Å². The first kappa shape index (κ1) is 19.5. The van der Waals surface area contributed by atoms with Gasteiger partial charge in [0.25, 0.3) is 5.91 Å². The molecule has 3 aromatic rings. The fourth-order valence-corrected chi connectivity index (χ4v) is 3.73. The Morgan fingerprint density at radius 1 is 1.22 bits per heavy atom. The number of amides is 1. The molecule has 138 valence electrons. The van der Waals surface area contributed by atoms with Gasteiger partial charge in [0, 0.05) is 15.4 Å². The van der Waals surface area contributed by atoms with Crippen molar-refractivity contribution < 1.29 is 9.53 Å². The fraction of sp³-hybridized carbons (Fsp3) is 0.105. The molecule has 0 aliphatic carbocycles. The Kier molecular flexibility index (Phi) is 6.20. The number of ether oxygens (including phenoxy) is 1. The van der Waals surface area contributed by atoms with E-state index in [0.29, 0.717) is 16.4 Å². The third-order valence-electron chi connectivity index (χ3n) is 3.75. The van der Waals surface area contributed by atoms with E-state index >= 15 is 0 Å². The number of carbonyl (C=O) groups excluding carboxylic acids is 1. The molecule has 27 heavy (non-hydrogen) atoms. The minimum Gasteiger partial charge on any atom is -0.496 e. The summed E-state index contributed by atoms with van der Waals surface area (Å²) in [7, 11) is 1.54. The molecule has 0 saturated heterocycles. The number of aryl methyl sites for hydroxylation is 1. The maximum absolute atomic E-state index is 12.5. The SMILES string of the molecule is COc1c(C)cccc1C(=O)NC(=S)Nc1nc(-c2ccc(Br)cc2)cs1. The Balaban J connectivity index is 1.67. The van der Waals surface area contributed by atoms with E-state index in [-0.39, 0.29) is 11.0 Å². The number of nitrogens with one attached hydrogen (secondary N) is 2. The summed E-state index contributed by atoms with van der Waals surface area (Å²) in [5.41, 5.74) is 3.14. The summed E-state index contributed by atoms with van der Waals surface area (Å²) in [5.74, 6) is 0.197. The lowest BCUT2D eigenvalue weighted by molar-refractivity contribution is 0.0974. The molecule has 0 aliphatic heterocycles. The molecule has 0 unspecified atom stereocenters. The minimum atomic E-state index is -0.335. The Bertz CT molecular complexity index is 987. The molecule has 0 atom stereocenters. The molecule has 0 saturated carbocycles. The average molecular weight is 462 g/mol. The van der Waals surface area contributed by atoms with Crippen LogP contribution >= 0.6 is 39.5 Å². The van der Waals surface area contributed by atoms with Gasteiger partial charge in [0.15, 0.2) is 10.2 Å². The maximum atomic E-state index is 12.5. The topological polar surface area (TPSA) is 63.2 Å². The second-order valence-electron chi connectivity index (χ2n) is 5.61. The van der Waals surface area contributed by atoms with E-state index in [4.69, 9.17) is 17.0 Å². The summed E-state index contributed by atoms with van der Waals surface area (Å²) in [6.07, 6.45) is 0. The first-order valence-corrected chi connectivity index (χ1v) is 10.0. The number of thiocarbonyl (C=S) groups is 1. The summed E-state index contributed by atoms with van der Waals surface area (Å²) in [5, 5.41) is 8.33. The lowest BCUT2D eigenvalue weighted by atomic mass is 10.1. The summed E-state index contributed by atoms with van der Waals surface area (Å²) < 4.78 is 6.33. The highest BCUT2D eigenvalue weighted by Crippen LogP contribution is 2.26. The molecule has 0 radical (unpaired) electrons. The first-order chi connectivity index (χ1) is 13.0. The highest BCUT2D eigenvalue weighted by molar-refractivity contribution is 9.10. The molecule has 2 N–H and O–H groups in total. The highest BCUT2D eigenvalue weighted by Gasteiger charge is 2.15. The summed E-state index contributed by atoms with van der Waals surface area (Å²) in [6.45, 7) is 1.88. The van der Waals surface area contributed by atoms with Crippen LogP contribution in [0.3, 0.4) is 0 Å². The number of benzene rings is 2. The van der Waals surface area contributed by atoms with Gasteiger partial charge < -0.3 is 10.1 Å². The number of aromatic nitrogens is 1. The van der Waals surface area contributed by atoms with Crippen LogP contribution in [-0.2, 0) is 0 Å². The Morgan fingerprint density at radius 3 is 2.67 bits per heavy atom. The van der Waals surface area contributed by atoms with Gasteiger partial charge in [-0.25, -0.2) is 4.98 Å². The summed E-state index contributed by atoms with van der Waals surface area (Å²) >= 11 is 10.1. The molecule has 1 amide bonds. The van der Waals surface area contributed by atoms with Crippen LogP contribution in [0.15, 0.2) is 52.3 Å². The number of thiazole rings is 1. The Labute approximate surface area is 174 Å². The highest BCUT2D eigenvalue weighted by atomic mass is 79.9. The third-order valence-corrected chi connectivity index (χ3v) is 5.24. The van der Waals surface area contributed by atoms with Crippen LogP contribution in [-0.4, -0.2) is 23.1 Å². The van der Waals surface area contributed by atoms with E-state index in [0.717, 1.165) is 21.3 Å². The number of methoxy groups -OCH3 is 1. The van der Waals surface area contributed by atoms with Crippen molar-refractivity contribution in [2.45, 2.75) is 6.92 Å². The number of anilines is 1. The number of hydrogen-bond acceptors (Lipinski definition) is 5. The largest absolute Gasteiger partial charge is 0.496 e. The first-order valence-electron chi connectivity index (χ1n) is 7.95. The molecule has 3 rings (SSSR count). The zero-order valence-corrected chi connectivity index (χ0v) is 17.8. The number of halogens is 1. The van der Waals surface area contributed by atoms with Crippen molar-refractivity contribution in [2.75, 3.05) is 12.4 Å². The lowest BCUT2D eigenvalue weighted by Gasteiger charge is -2.12. The second-order valence-corrected chi connectivity index (χ2v) is 7.79. The van der Waals surface area contributed by atoms with Crippen molar-refractivity contribution in [3.8, 4) is 17.0 Å². The van der Waals surface area contributed by atoms with E-state index in [1.165, 1.54) is 18.4 Å². The number of nitrogens with zero attached hydrogens (tertiary/aromatic N) is 1. The van der Waals surface area contributed by atoms with E-state index in [1.807, 2.05) is 42.6 Å². The zero-order valence-electron chi connectivity index (χ0n) is 14.6. The zero-order chi connectivity index (χ0) is 19.4. The van der Waals surface area contributed by atoms with Crippen LogP contribution in [0.1, 0.15) is 15.9 Å². The third kappa shape index (κ3) is 4.71. The van der Waals surface area contributed by atoms with Gasteiger partial charge in [0.2, 0.25) is 0 Å².